The molecular weight excluding hydrogens is 299 g/mol. The van der Waals surface area contributed by atoms with E-state index in [9.17, 15) is 0 Å². The molecule has 5 heteroatoms. The van der Waals surface area contributed by atoms with Gasteiger partial charge in [0.1, 0.15) is 0 Å². The molecule has 0 unspecified atom stereocenters. The van der Waals surface area contributed by atoms with Crippen LogP contribution in [0, 0.1) is 0 Å². The van der Waals surface area contributed by atoms with Crippen molar-refractivity contribution in [2.24, 2.45) is 0 Å². The summed E-state index contributed by atoms with van der Waals surface area (Å²) in [6, 6.07) is 0. The first-order valence-corrected chi connectivity index (χ1v) is 7.72. The summed E-state index contributed by atoms with van der Waals surface area (Å²) in [4.78, 5) is 2.09. The Morgan fingerprint density at radius 3 is 1.17 bits per heavy atom. The molecule has 0 aromatic carbocycles. The topological polar surface area (TPSA) is 40.5 Å². The average Bonchev–Trinajstić information content (AvgIpc) is 2.12. The van der Waals surface area contributed by atoms with Crippen LogP contribution in [0.1, 0.15) is 12.8 Å². The van der Waals surface area contributed by atoms with Crippen molar-refractivity contribution in [1.82, 2.24) is 0 Å². The Balaban J connectivity index is -0.000000112. The molecule has 2 nitrogen and oxygen atoms in total. The van der Waals surface area contributed by atoms with Crippen LogP contribution >= 0.6 is 0 Å². The van der Waals surface area contributed by atoms with Gasteiger partial charge in [-0.1, -0.05) is 12.8 Å². The minimum atomic E-state index is 0.240. The van der Waals surface area contributed by atoms with E-state index in [1.165, 1.54) is 0 Å². The van der Waals surface area contributed by atoms with Gasteiger partial charge in [0.05, 0.1) is 0 Å². The van der Waals surface area contributed by atoms with E-state index in [0.717, 1.165) is 12.8 Å². The summed E-state index contributed by atoms with van der Waals surface area (Å²) < 4.78 is 0. The third-order valence-electron chi connectivity index (χ3n) is 0.605. The van der Waals surface area contributed by atoms with Gasteiger partial charge in [0.25, 0.3) is 0 Å². The molecule has 0 aromatic rings. The fourth-order valence-electron chi connectivity index (χ4n) is 0.129. The summed E-state index contributed by atoms with van der Waals surface area (Å²) in [6.07, 6.45) is 1.52. The van der Waals surface area contributed by atoms with Crippen molar-refractivity contribution in [2.45, 2.75) is 17.8 Å². The Hall–Kier alpha value is 1.42. The van der Waals surface area contributed by atoms with Gasteiger partial charge in [0, 0.05) is 13.2 Å². The second-order valence-electron chi connectivity index (χ2n) is 1.56. The van der Waals surface area contributed by atoms with Crippen LogP contribution in [-0.4, -0.2) is 57.5 Å². The number of hydrogen-bond acceptors (Lipinski definition) is 4. The molecule has 0 saturated carbocycles. The number of aliphatic hydroxyl groups is 2. The zero-order valence-corrected chi connectivity index (χ0v) is 11.9. The summed E-state index contributed by atoms with van der Waals surface area (Å²) in [5, 5.41) is 16.0. The van der Waals surface area contributed by atoms with Crippen molar-refractivity contribution in [3.8, 4) is 0 Å². The third kappa shape index (κ3) is 42.2. The van der Waals surface area contributed by atoms with Crippen LogP contribution in [0.25, 0.3) is 0 Å². The summed E-state index contributed by atoms with van der Waals surface area (Å²) in [5.74, 6) is 1.35. The van der Waals surface area contributed by atoms with Crippen molar-refractivity contribution in [3.63, 3.8) is 0 Å². The minimum absolute atomic E-state index is 0.240. The molecule has 0 aromatic heterocycles. The van der Waals surface area contributed by atoms with Gasteiger partial charge in [0.2, 0.25) is 0 Å². The van der Waals surface area contributed by atoms with Gasteiger partial charge in [-0.05, 0) is 0 Å². The Bertz CT molecular complexity index is 40.4. The summed E-state index contributed by atoms with van der Waals surface area (Å²) in [7, 11) is 0. The second-order valence-corrected chi connectivity index (χ2v) is 2.38. The van der Waals surface area contributed by atoms with E-state index >= 15 is 0 Å². The van der Waals surface area contributed by atoms with E-state index in [0.29, 0.717) is 11.5 Å². The average molecular weight is 316 g/mol. The zero-order valence-electron chi connectivity index (χ0n) is 7.45. The fourth-order valence-corrected chi connectivity index (χ4v) is 0.387. The zero-order chi connectivity index (χ0) is 10.2. The van der Waals surface area contributed by atoms with E-state index in [1.807, 2.05) is 0 Å². The molecule has 0 aliphatic carbocycles. The van der Waals surface area contributed by atoms with Gasteiger partial charge in [-0.3, -0.25) is 0 Å². The maximum atomic E-state index is 8.00. The van der Waals surface area contributed by atoms with Crippen molar-refractivity contribution in [3.05, 3.63) is 0 Å². The molecule has 0 rings (SSSR count). The Morgan fingerprint density at radius 1 is 0.917 bits per heavy atom. The van der Waals surface area contributed by atoms with E-state index in [2.05, 4.69) is 30.2 Å². The van der Waals surface area contributed by atoms with Gasteiger partial charge in [-0.15, -0.1) is 0 Å². The van der Waals surface area contributed by atoms with Gasteiger partial charge < -0.3 is 35.5 Å². The molecule has 12 heavy (non-hydrogen) atoms. The van der Waals surface area contributed by atoms with Crippen LogP contribution in [-0.2, 0) is 25.3 Å². The van der Waals surface area contributed by atoms with Crippen LogP contribution < -0.4 is 0 Å². The molecule has 0 aliphatic rings. The Morgan fingerprint density at radius 2 is 1.17 bits per heavy atom. The third-order valence-corrected chi connectivity index (χ3v) is 1.18. The molecule has 2 N–H and O–H groups in total. The molecule has 0 heterocycles. The molecule has 0 saturated heterocycles. The number of aliphatic hydroxyl groups excluding tert-OH is 2. The van der Waals surface area contributed by atoms with Gasteiger partial charge in [0.15, 0.2) is 0 Å². The predicted octanol–water partition coefficient (Wildman–Crippen LogP) is 0.0344. The monoisotopic (exact) mass is 317 g/mol. The number of rotatable bonds is 4. The first-order chi connectivity index (χ1) is 5.83. The van der Waals surface area contributed by atoms with E-state index in [-0.39, 0.29) is 13.2 Å². The van der Waals surface area contributed by atoms with Crippen LogP contribution in [0.2, 0.25) is 4.94 Å². The summed E-state index contributed by atoms with van der Waals surface area (Å²) >= 11 is 10.5. The SMILES string of the molecule is OCCC[S-].OCCC[S-].[CH3][Sn+2]. The molecule has 0 bridgehead atoms. The van der Waals surface area contributed by atoms with Crippen molar-refractivity contribution >= 4 is 47.8 Å². The molecule has 1 radical (unpaired) electrons. The second kappa shape index (κ2) is 29.4. The van der Waals surface area contributed by atoms with Gasteiger partial charge in [-0.25, -0.2) is 0 Å². The Labute approximate surface area is 100 Å². The standard InChI is InChI=1S/2C3H8OS.CH3.Sn/c2*4-2-1-3-5;;/h2*4-5H,1-3H2;1H3;/q;;;+2/p-2. The van der Waals surface area contributed by atoms with Gasteiger partial charge >= 0.3 is 27.5 Å². The summed E-state index contributed by atoms with van der Waals surface area (Å²) in [6.45, 7) is 0.479. The molecule has 0 atom stereocenters. The number of hydrogen-bond donors (Lipinski definition) is 2. The van der Waals surface area contributed by atoms with E-state index in [1.54, 1.807) is 22.5 Å². The van der Waals surface area contributed by atoms with Crippen molar-refractivity contribution < 1.29 is 10.2 Å². The maximum absolute atomic E-state index is 8.00. The molecule has 0 spiro atoms. The molecular formula is C7H17O2S2Sn. The molecule has 0 fully saturated rings. The van der Waals surface area contributed by atoms with Crippen molar-refractivity contribution in [1.29, 1.82) is 0 Å². The summed E-state index contributed by atoms with van der Waals surface area (Å²) in [5.41, 5.74) is 0. The van der Waals surface area contributed by atoms with E-state index in [4.69, 9.17) is 10.2 Å². The fraction of sp³-hybridized carbons (Fsp3) is 1.00. The van der Waals surface area contributed by atoms with Crippen LogP contribution in [0.3, 0.4) is 0 Å². The van der Waals surface area contributed by atoms with Crippen molar-refractivity contribution in [2.75, 3.05) is 24.7 Å². The predicted molar refractivity (Wildman–Crippen MR) is 59.5 cm³/mol. The van der Waals surface area contributed by atoms with Gasteiger partial charge in [-0.2, -0.15) is 11.5 Å². The first kappa shape index (κ1) is 19.1. The van der Waals surface area contributed by atoms with Crippen LogP contribution in [0.5, 0.6) is 0 Å². The molecule has 0 amide bonds. The first-order valence-electron chi connectivity index (χ1n) is 3.71. The quantitative estimate of drug-likeness (QED) is 0.567. The van der Waals surface area contributed by atoms with Crippen LogP contribution in [0.15, 0.2) is 0 Å². The molecule has 0 aliphatic heterocycles. The van der Waals surface area contributed by atoms with E-state index < -0.39 is 0 Å². The normalized spacial score (nSPS) is 7.33. The van der Waals surface area contributed by atoms with Crippen LogP contribution in [0.4, 0.5) is 0 Å². The molecule has 73 valence electrons. The Kier molecular flexibility index (Phi) is 46.7.